The minimum atomic E-state index is -0.575. The van der Waals surface area contributed by atoms with Gasteiger partial charge in [0.2, 0.25) is 0 Å². The molecule has 0 amide bonds. The predicted octanol–water partition coefficient (Wildman–Crippen LogP) is 5.00. The van der Waals surface area contributed by atoms with Gasteiger partial charge < -0.3 is 9.30 Å². The second kappa shape index (κ2) is 5.91. The predicted molar refractivity (Wildman–Crippen MR) is 112 cm³/mol. The zero-order chi connectivity index (χ0) is 19.6. The van der Waals surface area contributed by atoms with E-state index in [2.05, 4.69) is 0 Å². The van der Waals surface area contributed by atoms with Crippen molar-refractivity contribution in [1.29, 1.82) is 0 Å². The molecule has 2 aromatic carbocycles. The van der Waals surface area contributed by atoms with Crippen LogP contribution in [0.1, 0.15) is 21.7 Å². The van der Waals surface area contributed by atoms with Crippen LogP contribution in [0.3, 0.4) is 0 Å². The van der Waals surface area contributed by atoms with E-state index < -0.39 is 11.9 Å². The van der Waals surface area contributed by atoms with E-state index in [0.717, 1.165) is 42.7 Å². The fraction of sp³-hybridized carbons (Fsp3) is 0.130. The Morgan fingerprint density at radius 3 is 2.18 bits per heavy atom. The third-order valence-electron chi connectivity index (χ3n) is 5.51. The van der Waals surface area contributed by atoms with Crippen LogP contribution in [-0.2, 0) is 21.4 Å². The number of cyclic esters (lactones) is 2. The lowest BCUT2D eigenvalue weighted by Crippen LogP contribution is -2.02. The first kappa shape index (κ1) is 17.0. The van der Waals surface area contributed by atoms with Gasteiger partial charge in [0.05, 0.1) is 11.1 Å². The van der Waals surface area contributed by atoms with Gasteiger partial charge in [-0.25, -0.2) is 9.59 Å². The molecule has 138 valence electrons. The van der Waals surface area contributed by atoms with E-state index in [1.807, 2.05) is 74.0 Å². The molecule has 5 heteroatoms. The minimum Gasteiger partial charge on any atom is -0.386 e. The molecule has 1 aliphatic heterocycles. The van der Waals surface area contributed by atoms with Crippen LogP contribution in [0.25, 0.3) is 32.1 Å². The van der Waals surface area contributed by atoms with E-state index in [-0.39, 0.29) is 0 Å². The Kier molecular flexibility index (Phi) is 3.58. The number of fused-ring (bicyclic) bond motifs is 2. The molecule has 0 aliphatic carbocycles. The van der Waals surface area contributed by atoms with Crippen molar-refractivity contribution in [2.24, 2.45) is 7.05 Å². The smallest absolute Gasteiger partial charge is 0.347 e. The summed E-state index contributed by atoms with van der Waals surface area (Å²) in [6, 6.07) is 15.9. The number of rotatable bonds is 2. The molecule has 28 heavy (non-hydrogen) atoms. The molecule has 3 heterocycles. The number of carbonyl (C=O) groups excluding carboxylic acids is 2. The first-order chi connectivity index (χ1) is 13.5. The summed E-state index contributed by atoms with van der Waals surface area (Å²) in [6.07, 6.45) is 0. The molecule has 2 aromatic heterocycles. The van der Waals surface area contributed by atoms with Crippen molar-refractivity contribution in [1.82, 2.24) is 4.57 Å². The maximum absolute atomic E-state index is 12.8. The SMILES string of the molecule is Cc1sc2ccccc2c1C1=C(c2c(C)n(C)c3ccccc23)C(=O)OC1=O. The number of benzene rings is 2. The zero-order valence-electron chi connectivity index (χ0n) is 15.7. The maximum atomic E-state index is 12.8. The number of nitrogens with zero attached hydrogens (tertiary/aromatic N) is 1. The van der Waals surface area contributed by atoms with E-state index in [9.17, 15) is 9.59 Å². The lowest BCUT2D eigenvalue weighted by atomic mass is 9.93. The van der Waals surface area contributed by atoms with E-state index in [0.29, 0.717) is 11.1 Å². The highest BCUT2D eigenvalue weighted by Gasteiger charge is 2.39. The fourth-order valence-corrected chi connectivity index (χ4v) is 5.23. The van der Waals surface area contributed by atoms with Gasteiger partial charge in [-0.2, -0.15) is 0 Å². The van der Waals surface area contributed by atoms with Gasteiger partial charge in [0, 0.05) is 49.7 Å². The standard InChI is InChI=1S/C23H17NO3S/c1-12-18(14-8-4-6-10-16(14)24(12)3)20-21(23(26)27-22(20)25)19-13(2)28-17-11-7-5-9-15(17)19/h4-11H,1-3H3. The highest BCUT2D eigenvalue weighted by molar-refractivity contribution is 7.19. The highest BCUT2D eigenvalue weighted by atomic mass is 32.1. The normalized spacial score (nSPS) is 14.5. The summed E-state index contributed by atoms with van der Waals surface area (Å²) in [7, 11) is 1.97. The minimum absolute atomic E-state index is 0.367. The van der Waals surface area contributed by atoms with Gasteiger partial charge in [-0.1, -0.05) is 36.4 Å². The van der Waals surface area contributed by atoms with Gasteiger partial charge in [0.25, 0.3) is 0 Å². The van der Waals surface area contributed by atoms with Gasteiger partial charge in [-0.05, 0) is 26.0 Å². The largest absolute Gasteiger partial charge is 0.386 e. The first-order valence-electron chi connectivity index (χ1n) is 9.02. The Balaban J connectivity index is 1.93. The Morgan fingerprint density at radius 1 is 0.821 bits per heavy atom. The summed E-state index contributed by atoms with van der Waals surface area (Å²) in [4.78, 5) is 26.6. The number of para-hydroxylation sites is 1. The van der Waals surface area contributed by atoms with Gasteiger partial charge in [-0.3, -0.25) is 0 Å². The molecular weight excluding hydrogens is 370 g/mol. The molecule has 0 unspecified atom stereocenters. The van der Waals surface area contributed by atoms with Crippen molar-refractivity contribution >= 4 is 55.4 Å². The number of hydrogen-bond donors (Lipinski definition) is 0. The fourth-order valence-electron chi connectivity index (χ4n) is 4.16. The van der Waals surface area contributed by atoms with E-state index in [1.54, 1.807) is 11.3 Å². The lowest BCUT2D eigenvalue weighted by molar-refractivity contribution is -0.149. The molecule has 5 rings (SSSR count). The van der Waals surface area contributed by atoms with Gasteiger partial charge >= 0.3 is 11.9 Å². The first-order valence-corrected chi connectivity index (χ1v) is 9.84. The summed E-state index contributed by atoms with van der Waals surface area (Å²) >= 11 is 1.62. The molecule has 0 atom stereocenters. The molecular formula is C23H17NO3S. The summed E-state index contributed by atoms with van der Waals surface area (Å²) in [5, 5.41) is 1.92. The Hall–Kier alpha value is -3.18. The molecule has 0 fully saturated rings. The Morgan fingerprint density at radius 2 is 1.43 bits per heavy atom. The van der Waals surface area contributed by atoms with Crippen LogP contribution in [0.15, 0.2) is 48.5 Å². The highest BCUT2D eigenvalue weighted by Crippen LogP contribution is 2.44. The monoisotopic (exact) mass is 387 g/mol. The molecule has 0 radical (unpaired) electrons. The molecule has 0 saturated heterocycles. The molecule has 4 aromatic rings. The Bertz CT molecular complexity index is 1350. The second-order valence-electron chi connectivity index (χ2n) is 6.99. The number of aromatic nitrogens is 1. The molecule has 4 nitrogen and oxygen atoms in total. The molecule has 1 aliphatic rings. The van der Waals surface area contributed by atoms with Crippen molar-refractivity contribution in [3.63, 3.8) is 0 Å². The molecule has 0 N–H and O–H groups in total. The molecule has 0 bridgehead atoms. The maximum Gasteiger partial charge on any atom is 0.347 e. The van der Waals surface area contributed by atoms with Crippen LogP contribution in [0, 0.1) is 13.8 Å². The third-order valence-corrected chi connectivity index (χ3v) is 6.60. The number of esters is 2. The Labute approximate surface area is 165 Å². The van der Waals surface area contributed by atoms with Crippen molar-refractivity contribution in [2.45, 2.75) is 13.8 Å². The van der Waals surface area contributed by atoms with Crippen LogP contribution in [0.4, 0.5) is 0 Å². The summed E-state index contributed by atoms with van der Waals surface area (Å²) in [6.45, 7) is 3.95. The topological polar surface area (TPSA) is 48.3 Å². The van der Waals surface area contributed by atoms with E-state index in [1.165, 1.54) is 0 Å². The average molecular weight is 387 g/mol. The lowest BCUT2D eigenvalue weighted by Gasteiger charge is -2.05. The number of carbonyl (C=O) groups is 2. The van der Waals surface area contributed by atoms with Crippen molar-refractivity contribution in [3.05, 3.63) is 70.2 Å². The molecule has 0 saturated carbocycles. The number of thiophene rings is 1. The quantitative estimate of drug-likeness (QED) is 0.359. The summed E-state index contributed by atoms with van der Waals surface area (Å²) in [5.74, 6) is -1.15. The van der Waals surface area contributed by atoms with Crippen molar-refractivity contribution in [2.75, 3.05) is 0 Å². The number of aryl methyl sites for hydroxylation is 2. The zero-order valence-corrected chi connectivity index (χ0v) is 16.5. The number of hydrogen-bond acceptors (Lipinski definition) is 4. The van der Waals surface area contributed by atoms with E-state index >= 15 is 0 Å². The van der Waals surface area contributed by atoms with Crippen LogP contribution in [-0.4, -0.2) is 16.5 Å². The van der Waals surface area contributed by atoms with Crippen LogP contribution in [0.2, 0.25) is 0 Å². The summed E-state index contributed by atoms with van der Waals surface area (Å²) < 4.78 is 8.26. The van der Waals surface area contributed by atoms with Crippen molar-refractivity contribution in [3.8, 4) is 0 Å². The van der Waals surface area contributed by atoms with Crippen LogP contribution in [0.5, 0.6) is 0 Å². The third kappa shape index (κ3) is 2.17. The van der Waals surface area contributed by atoms with Crippen LogP contribution < -0.4 is 0 Å². The average Bonchev–Trinajstić information content (AvgIpc) is 3.24. The number of ether oxygens (including phenoxy) is 1. The molecule has 0 spiro atoms. The van der Waals surface area contributed by atoms with Crippen molar-refractivity contribution < 1.29 is 14.3 Å². The van der Waals surface area contributed by atoms with Gasteiger partial charge in [-0.15, -0.1) is 11.3 Å². The van der Waals surface area contributed by atoms with Gasteiger partial charge in [0.1, 0.15) is 0 Å². The van der Waals surface area contributed by atoms with E-state index in [4.69, 9.17) is 4.74 Å². The summed E-state index contributed by atoms with van der Waals surface area (Å²) in [5.41, 5.74) is 4.27. The van der Waals surface area contributed by atoms with Gasteiger partial charge in [0.15, 0.2) is 0 Å². The van der Waals surface area contributed by atoms with Crippen LogP contribution >= 0.6 is 11.3 Å². The second-order valence-corrected chi connectivity index (χ2v) is 8.25.